The van der Waals surface area contributed by atoms with E-state index in [1.165, 1.54) is 0 Å². The second kappa shape index (κ2) is 5.74. The average Bonchev–Trinajstić information content (AvgIpc) is 2.79. The van der Waals surface area contributed by atoms with E-state index in [0.717, 1.165) is 0 Å². The molecule has 0 spiro atoms. The molecule has 0 bridgehead atoms. The molecule has 23 heavy (non-hydrogen) atoms. The van der Waals surface area contributed by atoms with E-state index in [1.54, 1.807) is 0 Å². The van der Waals surface area contributed by atoms with E-state index >= 15 is 0 Å². The van der Waals surface area contributed by atoms with Gasteiger partial charge in [-0.3, -0.25) is 9.59 Å². The minimum Gasteiger partial charge on any atom is -0.378 e. The summed E-state index contributed by atoms with van der Waals surface area (Å²) in [5, 5.41) is 2.99. The molecule has 3 N–H and O–H groups in total. The quantitative estimate of drug-likeness (QED) is 0.809. The Labute approximate surface area is 139 Å². The topological polar surface area (TPSA) is 84.7 Å². The first-order valence-electron chi connectivity index (χ1n) is 8.45. The van der Waals surface area contributed by atoms with E-state index in [0.29, 0.717) is 26.0 Å². The third-order valence-corrected chi connectivity index (χ3v) is 5.51. The van der Waals surface area contributed by atoms with Crippen LogP contribution >= 0.6 is 0 Å². The van der Waals surface area contributed by atoms with Crippen LogP contribution in [0.4, 0.5) is 0 Å². The van der Waals surface area contributed by atoms with Crippen molar-refractivity contribution in [1.29, 1.82) is 0 Å². The molecule has 6 nitrogen and oxygen atoms in total. The van der Waals surface area contributed by atoms with E-state index in [4.69, 9.17) is 10.5 Å². The summed E-state index contributed by atoms with van der Waals surface area (Å²) >= 11 is 0. The van der Waals surface area contributed by atoms with Gasteiger partial charge < -0.3 is 20.7 Å². The standard InChI is InChI=1S/C17H31N3O3/c1-7-23-12-9-17(18,16(12,5)6)14(22)19-11-8-13(21)20(10-11)15(2,3)4/h11-12H,7-10,18H2,1-6H3,(H,19,22). The molecule has 2 amide bonds. The number of likely N-dealkylation sites (tertiary alicyclic amines) is 1. The van der Waals surface area contributed by atoms with Gasteiger partial charge in [-0.15, -0.1) is 0 Å². The van der Waals surface area contributed by atoms with Crippen LogP contribution < -0.4 is 11.1 Å². The maximum absolute atomic E-state index is 12.7. The van der Waals surface area contributed by atoms with Crippen molar-refractivity contribution in [2.24, 2.45) is 11.1 Å². The minimum atomic E-state index is -0.939. The Hall–Kier alpha value is -1.14. The van der Waals surface area contributed by atoms with Crippen molar-refractivity contribution >= 4 is 11.8 Å². The highest BCUT2D eigenvalue weighted by molar-refractivity contribution is 5.90. The van der Waals surface area contributed by atoms with Crippen molar-refractivity contribution in [1.82, 2.24) is 10.2 Å². The van der Waals surface area contributed by atoms with Crippen molar-refractivity contribution in [2.45, 2.75) is 77.6 Å². The maximum Gasteiger partial charge on any atom is 0.241 e. The molecule has 1 saturated carbocycles. The molecule has 0 aromatic heterocycles. The normalized spacial score (nSPS) is 33.5. The van der Waals surface area contributed by atoms with Crippen LogP contribution in [-0.4, -0.2) is 53.1 Å². The number of carbonyl (C=O) groups excluding carboxylic acids is 2. The van der Waals surface area contributed by atoms with Gasteiger partial charge in [-0.05, 0) is 27.7 Å². The highest BCUT2D eigenvalue weighted by Gasteiger charge is 2.63. The molecule has 0 aromatic carbocycles. The summed E-state index contributed by atoms with van der Waals surface area (Å²) < 4.78 is 5.67. The van der Waals surface area contributed by atoms with E-state index in [2.05, 4.69) is 5.32 Å². The Morgan fingerprint density at radius 1 is 1.43 bits per heavy atom. The second-order valence-electron chi connectivity index (χ2n) is 8.39. The Kier molecular flexibility index (Phi) is 4.54. The highest BCUT2D eigenvalue weighted by Crippen LogP contribution is 2.49. The molecule has 132 valence electrons. The lowest BCUT2D eigenvalue weighted by Gasteiger charge is -2.57. The van der Waals surface area contributed by atoms with Crippen LogP contribution in [0.25, 0.3) is 0 Å². The fraction of sp³-hybridized carbons (Fsp3) is 0.882. The summed E-state index contributed by atoms with van der Waals surface area (Å²) in [5.41, 5.74) is 4.80. The first-order chi connectivity index (χ1) is 10.4. The van der Waals surface area contributed by atoms with Gasteiger partial charge in [0, 0.05) is 36.9 Å². The number of nitrogens with one attached hydrogen (secondary N) is 1. The predicted octanol–water partition coefficient (Wildman–Crippen LogP) is 1.03. The van der Waals surface area contributed by atoms with Gasteiger partial charge in [0.25, 0.3) is 0 Å². The Bertz CT molecular complexity index is 498. The number of carbonyl (C=O) groups is 2. The van der Waals surface area contributed by atoms with E-state index in [9.17, 15) is 9.59 Å². The van der Waals surface area contributed by atoms with Crippen molar-refractivity contribution in [3.63, 3.8) is 0 Å². The van der Waals surface area contributed by atoms with Crippen molar-refractivity contribution in [3.8, 4) is 0 Å². The first-order valence-corrected chi connectivity index (χ1v) is 8.45. The third kappa shape index (κ3) is 2.98. The van der Waals surface area contributed by atoms with Crippen LogP contribution in [0.3, 0.4) is 0 Å². The summed E-state index contributed by atoms with van der Waals surface area (Å²) in [5.74, 6) is -0.0963. The molecule has 0 radical (unpaired) electrons. The molecular formula is C17H31N3O3. The number of rotatable bonds is 4. The molecule has 3 atom stereocenters. The summed E-state index contributed by atoms with van der Waals surface area (Å²) in [6.07, 6.45) is 0.858. The summed E-state index contributed by atoms with van der Waals surface area (Å²) in [6.45, 7) is 13.0. The molecule has 2 fully saturated rings. The zero-order chi connectivity index (χ0) is 17.6. The van der Waals surface area contributed by atoms with Gasteiger partial charge in [-0.1, -0.05) is 13.8 Å². The van der Waals surface area contributed by atoms with Gasteiger partial charge in [-0.25, -0.2) is 0 Å². The lowest BCUT2D eigenvalue weighted by Crippen LogP contribution is -2.76. The smallest absolute Gasteiger partial charge is 0.241 e. The average molecular weight is 325 g/mol. The fourth-order valence-electron chi connectivity index (χ4n) is 3.59. The van der Waals surface area contributed by atoms with Gasteiger partial charge in [0.15, 0.2) is 0 Å². The zero-order valence-corrected chi connectivity index (χ0v) is 15.2. The number of ether oxygens (including phenoxy) is 1. The van der Waals surface area contributed by atoms with Crippen LogP contribution in [0.1, 0.15) is 54.4 Å². The zero-order valence-electron chi connectivity index (χ0n) is 15.2. The predicted molar refractivity (Wildman–Crippen MR) is 88.7 cm³/mol. The Balaban J connectivity index is 2.00. The molecule has 1 heterocycles. The minimum absolute atomic E-state index is 0.000432. The monoisotopic (exact) mass is 325 g/mol. The van der Waals surface area contributed by atoms with Gasteiger partial charge in [0.1, 0.15) is 5.54 Å². The van der Waals surface area contributed by atoms with Crippen LogP contribution in [0, 0.1) is 5.41 Å². The SMILES string of the molecule is CCOC1CC(N)(C(=O)NC2CC(=O)N(C(C)(C)C)C2)C1(C)C. The number of hydrogen-bond donors (Lipinski definition) is 2. The van der Waals surface area contributed by atoms with Crippen LogP contribution in [-0.2, 0) is 14.3 Å². The number of nitrogens with zero attached hydrogens (tertiary/aromatic N) is 1. The van der Waals surface area contributed by atoms with Gasteiger partial charge in [0.2, 0.25) is 11.8 Å². The third-order valence-electron chi connectivity index (χ3n) is 5.51. The van der Waals surface area contributed by atoms with Crippen molar-refractivity contribution in [2.75, 3.05) is 13.2 Å². The Morgan fingerprint density at radius 2 is 2.04 bits per heavy atom. The number of nitrogens with two attached hydrogens (primary N) is 1. The molecule has 0 aromatic rings. The molecule has 2 rings (SSSR count). The van der Waals surface area contributed by atoms with Crippen LogP contribution in [0.5, 0.6) is 0 Å². The number of amides is 2. The fourth-order valence-corrected chi connectivity index (χ4v) is 3.59. The van der Waals surface area contributed by atoms with Crippen LogP contribution in [0.2, 0.25) is 0 Å². The molecule has 3 unspecified atom stereocenters. The van der Waals surface area contributed by atoms with Gasteiger partial charge in [-0.2, -0.15) is 0 Å². The highest BCUT2D eigenvalue weighted by atomic mass is 16.5. The second-order valence-corrected chi connectivity index (χ2v) is 8.39. The lowest BCUT2D eigenvalue weighted by molar-refractivity contribution is -0.171. The molecule has 2 aliphatic rings. The maximum atomic E-state index is 12.7. The molecule has 1 aliphatic heterocycles. The summed E-state index contributed by atoms with van der Waals surface area (Å²) in [4.78, 5) is 26.7. The van der Waals surface area contributed by atoms with Crippen molar-refractivity contribution in [3.05, 3.63) is 0 Å². The van der Waals surface area contributed by atoms with E-state index in [-0.39, 0.29) is 29.5 Å². The van der Waals surface area contributed by atoms with E-state index < -0.39 is 11.0 Å². The molecular weight excluding hydrogens is 294 g/mol. The lowest BCUT2D eigenvalue weighted by atomic mass is 9.54. The molecule has 1 aliphatic carbocycles. The van der Waals surface area contributed by atoms with Gasteiger partial charge in [0.05, 0.1) is 12.1 Å². The first kappa shape index (κ1) is 18.2. The van der Waals surface area contributed by atoms with Crippen LogP contribution in [0.15, 0.2) is 0 Å². The van der Waals surface area contributed by atoms with E-state index in [1.807, 2.05) is 46.4 Å². The molecule has 1 saturated heterocycles. The Morgan fingerprint density at radius 3 is 2.48 bits per heavy atom. The largest absolute Gasteiger partial charge is 0.378 e. The summed E-state index contributed by atoms with van der Waals surface area (Å²) in [6, 6.07) is -0.170. The summed E-state index contributed by atoms with van der Waals surface area (Å²) in [7, 11) is 0. The van der Waals surface area contributed by atoms with Crippen molar-refractivity contribution < 1.29 is 14.3 Å². The van der Waals surface area contributed by atoms with Gasteiger partial charge >= 0.3 is 0 Å². The molecule has 6 heteroatoms. The number of hydrogen-bond acceptors (Lipinski definition) is 4.